The fraction of sp³-hybridized carbons (Fsp3) is 0.323. The minimum Gasteiger partial charge on any atom is -0.378 e. The maximum absolute atomic E-state index is 13.1. The van der Waals surface area contributed by atoms with E-state index in [0.29, 0.717) is 31.0 Å². The molecule has 43 heavy (non-hydrogen) atoms. The summed E-state index contributed by atoms with van der Waals surface area (Å²) in [5, 5.41) is 3.90. The number of aromatic nitrogens is 3. The van der Waals surface area contributed by atoms with Crippen LogP contribution in [0.15, 0.2) is 73.6 Å². The van der Waals surface area contributed by atoms with E-state index in [4.69, 9.17) is 4.74 Å². The Bertz CT molecular complexity index is 1720. The van der Waals surface area contributed by atoms with Crippen LogP contribution in [0.3, 0.4) is 0 Å². The van der Waals surface area contributed by atoms with Crippen molar-refractivity contribution in [1.82, 2.24) is 20.3 Å². The first-order chi connectivity index (χ1) is 20.9. The van der Waals surface area contributed by atoms with Crippen molar-refractivity contribution in [2.24, 2.45) is 0 Å². The maximum Gasteiger partial charge on any atom is 0.243 e. The number of nitrogens with one attached hydrogen (secondary N) is 3. The average Bonchev–Trinajstić information content (AvgIpc) is 3.46. The molecule has 1 amide bonds. The minimum atomic E-state index is -3.66. The van der Waals surface area contributed by atoms with Gasteiger partial charge in [0.25, 0.3) is 0 Å². The summed E-state index contributed by atoms with van der Waals surface area (Å²) in [6.45, 7) is 7.93. The van der Waals surface area contributed by atoms with Gasteiger partial charge in [0.15, 0.2) is 0 Å². The predicted octanol–water partition coefficient (Wildman–Crippen LogP) is 3.67. The van der Waals surface area contributed by atoms with Crippen LogP contribution < -0.4 is 19.8 Å². The van der Waals surface area contributed by atoms with Crippen LogP contribution in [0.4, 0.5) is 17.2 Å². The van der Waals surface area contributed by atoms with E-state index in [1.165, 1.54) is 6.08 Å². The van der Waals surface area contributed by atoms with Gasteiger partial charge in [0.2, 0.25) is 15.9 Å². The number of hydrogen-bond acceptors (Lipinski definition) is 8. The van der Waals surface area contributed by atoms with Gasteiger partial charge < -0.3 is 24.8 Å². The van der Waals surface area contributed by atoms with Crippen molar-refractivity contribution < 1.29 is 17.9 Å². The number of ether oxygens (including phenoxy) is 1. The van der Waals surface area contributed by atoms with E-state index >= 15 is 0 Å². The molecule has 2 saturated heterocycles. The lowest BCUT2D eigenvalue weighted by atomic mass is 10.0. The van der Waals surface area contributed by atoms with Gasteiger partial charge in [0.05, 0.1) is 24.4 Å². The fourth-order valence-electron chi connectivity index (χ4n) is 5.69. The number of rotatable bonds is 9. The zero-order valence-corrected chi connectivity index (χ0v) is 24.6. The molecule has 0 radical (unpaired) electrons. The number of sulfonamides is 1. The van der Waals surface area contributed by atoms with Gasteiger partial charge in [0, 0.05) is 49.3 Å². The number of H-pyrrole nitrogens is 1. The fourth-order valence-corrected chi connectivity index (χ4v) is 6.88. The number of benzene rings is 2. The molecule has 4 aromatic rings. The Morgan fingerprint density at radius 2 is 1.88 bits per heavy atom. The molecule has 2 aliphatic heterocycles. The Hall–Kier alpha value is -4.42. The SMILES string of the molecule is C=CC(=O)N[C@@H]1CCCN(c2cccc(CS(=O)(=O)Nc3ccc(-c4cc5c(N6CCOCC6)ncnc5[nH]4)cc3)c2)C1. The lowest BCUT2D eigenvalue weighted by molar-refractivity contribution is -0.117. The Morgan fingerprint density at radius 1 is 1.07 bits per heavy atom. The van der Waals surface area contributed by atoms with Crippen LogP contribution in [0.5, 0.6) is 0 Å². The number of morpholine rings is 1. The summed E-state index contributed by atoms with van der Waals surface area (Å²) in [7, 11) is -3.66. The molecule has 2 fully saturated rings. The molecular weight excluding hydrogens is 566 g/mol. The summed E-state index contributed by atoms with van der Waals surface area (Å²) in [6.07, 6.45) is 4.68. The lowest BCUT2D eigenvalue weighted by Crippen LogP contribution is -2.47. The average molecular weight is 602 g/mol. The van der Waals surface area contributed by atoms with Gasteiger partial charge in [-0.1, -0.05) is 30.8 Å². The molecule has 0 spiro atoms. The first kappa shape index (κ1) is 28.7. The quantitative estimate of drug-likeness (QED) is 0.248. The topological polar surface area (TPSA) is 133 Å². The van der Waals surface area contributed by atoms with Crippen molar-refractivity contribution in [3.05, 3.63) is 79.1 Å². The van der Waals surface area contributed by atoms with Crippen molar-refractivity contribution in [2.45, 2.75) is 24.6 Å². The molecule has 0 bridgehead atoms. The molecule has 3 N–H and O–H groups in total. The minimum absolute atomic E-state index is 0.0281. The molecule has 6 rings (SSSR count). The number of hydrogen-bond donors (Lipinski definition) is 3. The molecule has 11 nitrogen and oxygen atoms in total. The first-order valence-electron chi connectivity index (χ1n) is 14.4. The molecule has 12 heteroatoms. The van der Waals surface area contributed by atoms with E-state index in [1.807, 2.05) is 42.5 Å². The second-order valence-corrected chi connectivity index (χ2v) is 12.6. The van der Waals surface area contributed by atoms with Crippen LogP contribution in [0.2, 0.25) is 0 Å². The van der Waals surface area contributed by atoms with Crippen molar-refractivity contribution in [2.75, 3.05) is 53.9 Å². The highest BCUT2D eigenvalue weighted by molar-refractivity contribution is 7.91. The number of aromatic amines is 1. The highest BCUT2D eigenvalue weighted by Gasteiger charge is 2.22. The van der Waals surface area contributed by atoms with Gasteiger partial charge in [-0.25, -0.2) is 18.4 Å². The predicted molar refractivity (Wildman–Crippen MR) is 169 cm³/mol. The number of amides is 1. The molecule has 2 aromatic carbocycles. The number of anilines is 3. The summed E-state index contributed by atoms with van der Waals surface area (Å²) >= 11 is 0. The van der Waals surface area contributed by atoms with Crippen molar-refractivity contribution in [3.8, 4) is 11.3 Å². The molecule has 0 aliphatic carbocycles. The number of piperidine rings is 1. The smallest absolute Gasteiger partial charge is 0.243 e. The van der Waals surface area contributed by atoms with E-state index in [1.54, 1.807) is 18.5 Å². The third kappa shape index (κ3) is 6.81. The van der Waals surface area contributed by atoms with Gasteiger partial charge in [-0.05, 0) is 60.4 Å². The summed E-state index contributed by atoms with van der Waals surface area (Å²) < 4.78 is 34.4. The third-order valence-electron chi connectivity index (χ3n) is 7.77. The van der Waals surface area contributed by atoms with E-state index in [-0.39, 0.29) is 17.7 Å². The van der Waals surface area contributed by atoms with Crippen LogP contribution in [-0.2, 0) is 25.3 Å². The zero-order valence-electron chi connectivity index (χ0n) is 23.8. The first-order valence-corrected chi connectivity index (χ1v) is 16.1. The van der Waals surface area contributed by atoms with E-state index in [2.05, 4.69) is 41.4 Å². The number of nitrogens with zero attached hydrogens (tertiary/aromatic N) is 4. The summed E-state index contributed by atoms with van der Waals surface area (Å²) in [4.78, 5) is 28.4. The lowest BCUT2D eigenvalue weighted by Gasteiger charge is -2.34. The van der Waals surface area contributed by atoms with Crippen LogP contribution in [0.25, 0.3) is 22.3 Å². The monoisotopic (exact) mass is 601 g/mol. The highest BCUT2D eigenvalue weighted by atomic mass is 32.2. The Labute approximate surface area is 251 Å². The maximum atomic E-state index is 13.1. The summed E-state index contributed by atoms with van der Waals surface area (Å²) in [6, 6.07) is 16.9. The molecule has 0 unspecified atom stereocenters. The molecule has 224 valence electrons. The molecule has 0 saturated carbocycles. The number of carbonyl (C=O) groups is 1. The number of fused-ring (bicyclic) bond motifs is 1. The summed E-state index contributed by atoms with van der Waals surface area (Å²) in [5.41, 5.74) is 4.65. The van der Waals surface area contributed by atoms with Crippen LogP contribution >= 0.6 is 0 Å². The molecular formula is C31H35N7O4S. The Morgan fingerprint density at radius 3 is 2.67 bits per heavy atom. The second kappa shape index (κ2) is 12.4. The van der Waals surface area contributed by atoms with Crippen molar-refractivity contribution in [3.63, 3.8) is 0 Å². The van der Waals surface area contributed by atoms with Gasteiger partial charge in [0.1, 0.15) is 17.8 Å². The second-order valence-electron chi connectivity index (χ2n) is 10.8. The molecule has 4 heterocycles. The van der Waals surface area contributed by atoms with Crippen molar-refractivity contribution in [1.29, 1.82) is 0 Å². The van der Waals surface area contributed by atoms with Crippen molar-refractivity contribution >= 4 is 44.2 Å². The van der Waals surface area contributed by atoms with E-state index in [9.17, 15) is 13.2 Å². The van der Waals surface area contributed by atoms with Crippen LogP contribution in [0, 0.1) is 0 Å². The largest absolute Gasteiger partial charge is 0.378 e. The molecule has 1 atom stereocenters. The molecule has 2 aliphatic rings. The standard InChI is InChI=1S/C31H35N7O4S/c1-2-29(39)34-25-6-4-12-38(19-25)26-7-3-5-22(17-26)20-43(40,41)36-24-10-8-23(9-11-24)28-18-27-30(35-28)32-21-33-31(27)37-13-15-42-16-14-37/h2-3,5,7-11,17-18,21,25,36H,1,4,6,12-16,19-20H2,(H,34,39)(H,32,33,35)/t25-/m1/s1. The third-order valence-corrected chi connectivity index (χ3v) is 9.03. The van der Waals surface area contributed by atoms with Gasteiger partial charge in [-0.3, -0.25) is 9.52 Å². The van der Waals surface area contributed by atoms with Gasteiger partial charge in [-0.2, -0.15) is 0 Å². The van der Waals surface area contributed by atoms with Gasteiger partial charge >= 0.3 is 0 Å². The van der Waals surface area contributed by atoms with Crippen LogP contribution in [0.1, 0.15) is 18.4 Å². The molecule has 2 aromatic heterocycles. The zero-order chi connectivity index (χ0) is 29.8. The Kier molecular flexibility index (Phi) is 8.30. The Balaban J connectivity index is 1.12. The highest BCUT2D eigenvalue weighted by Crippen LogP contribution is 2.30. The summed E-state index contributed by atoms with van der Waals surface area (Å²) in [5.74, 6) is 0.543. The number of carbonyl (C=O) groups excluding carboxylic acids is 1. The van der Waals surface area contributed by atoms with Crippen LogP contribution in [-0.4, -0.2) is 74.7 Å². The van der Waals surface area contributed by atoms with E-state index in [0.717, 1.165) is 66.3 Å². The van der Waals surface area contributed by atoms with E-state index < -0.39 is 10.0 Å². The normalized spacial score (nSPS) is 17.5. The van der Waals surface area contributed by atoms with Gasteiger partial charge in [-0.15, -0.1) is 0 Å².